The van der Waals surface area contributed by atoms with Gasteiger partial charge in [0.15, 0.2) is 9.84 Å². The van der Waals surface area contributed by atoms with Crippen molar-refractivity contribution in [2.75, 3.05) is 12.8 Å². The van der Waals surface area contributed by atoms with Gasteiger partial charge in [-0.25, -0.2) is 8.42 Å². The zero-order valence-corrected chi connectivity index (χ0v) is 14.1. The zero-order valence-electron chi connectivity index (χ0n) is 13.3. The van der Waals surface area contributed by atoms with Crippen molar-refractivity contribution in [3.05, 3.63) is 0 Å². The van der Waals surface area contributed by atoms with Gasteiger partial charge < -0.3 is 10.4 Å². The summed E-state index contributed by atoms with van der Waals surface area (Å²) in [6.07, 6.45) is 4.25. The van der Waals surface area contributed by atoms with Gasteiger partial charge in [-0.15, -0.1) is 0 Å². The fraction of sp³-hybridized carbons (Fsp3) is 0.857. The summed E-state index contributed by atoms with van der Waals surface area (Å²) in [5.41, 5.74) is 0. The molecule has 0 saturated heterocycles. The number of carbonyl (C=O) groups is 2. The van der Waals surface area contributed by atoms with Crippen LogP contribution in [0.1, 0.15) is 52.9 Å². The molecule has 0 spiro atoms. The normalized spacial score (nSPS) is 13.7. The van der Waals surface area contributed by atoms with Crippen LogP contribution in [0.2, 0.25) is 0 Å². The molecule has 0 aromatic heterocycles. The second-order valence-electron chi connectivity index (χ2n) is 5.91. The minimum absolute atomic E-state index is 0.118. The summed E-state index contributed by atoms with van der Waals surface area (Å²) < 4.78 is 21.6. The number of carboxylic acids is 1. The fourth-order valence-corrected chi connectivity index (χ4v) is 2.35. The van der Waals surface area contributed by atoms with Gasteiger partial charge in [-0.2, -0.15) is 0 Å². The minimum atomic E-state index is -3.47. The van der Waals surface area contributed by atoms with Crippen molar-refractivity contribution >= 4 is 21.7 Å². The van der Waals surface area contributed by atoms with Crippen molar-refractivity contribution in [1.82, 2.24) is 5.32 Å². The molecule has 0 heterocycles. The van der Waals surface area contributed by atoms with E-state index in [1.54, 1.807) is 0 Å². The summed E-state index contributed by atoms with van der Waals surface area (Å²) in [7, 11) is -3.47. The van der Waals surface area contributed by atoms with Crippen LogP contribution >= 0.6 is 0 Å². The van der Waals surface area contributed by atoms with E-state index in [9.17, 15) is 18.0 Å². The molecular weight excluding hydrogens is 294 g/mol. The van der Waals surface area contributed by atoms with Crippen LogP contribution in [0, 0.1) is 5.92 Å². The Morgan fingerprint density at radius 1 is 1.19 bits per heavy atom. The number of carbonyl (C=O) groups excluding carboxylic acids is 1. The Labute approximate surface area is 127 Å². The first-order valence-corrected chi connectivity index (χ1v) is 9.11. The summed E-state index contributed by atoms with van der Waals surface area (Å²) in [5.74, 6) is -1.11. The molecule has 0 radical (unpaired) electrons. The van der Waals surface area contributed by atoms with E-state index in [4.69, 9.17) is 5.11 Å². The van der Waals surface area contributed by atoms with Gasteiger partial charge in [0.25, 0.3) is 0 Å². The Balaban J connectivity index is 4.37. The quantitative estimate of drug-likeness (QED) is 0.636. The summed E-state index contributed by atoms with van der Waals surface area (Å²) >= 11 is 0. The highest BCUT2D eigenvalue weighted by Gasteiger charge is 2.38. The Morgan fingerprint density at radius 2 is 1.76 bits per heavy atom. The minimum Gasteiger partial charge on any atom is -0.481 e. The third kappa shape index (κ3) is 6.93. The summed E-state index contributed by atoms with van der Waals surface area (Å²) in [6.45, 7) is 5.15. The molecule has 6 nitrogen and oxygen atoms in total. The number of nitrogens with one attached hydrogen (secondary N) is 1. The SMILES string of the molecule is CCCC(CCNC(=O)C(C)(C)S(C)(=O)=O)CCC(=O)O. The molecule has 21 heavy (non-hydrogen) atoms. The number of hydrogen-bond acceptors (Lipinski definition) is 4. The number of amides is 1. The predicted octanol–water partition coefficient (Wildman–Crippen LogP) is 1.60. The Hall–Kier alpha value is -1.11. The molecule has 0 bridgehead atoms. The molecule has 0 saturated carbocycles. The van der Waals surface area contributed by atoms with Crippen molar-refractivity contribution in [2.45, 2.75) is 57.6 Å². The third-order valence-electron chi connectivity index (χ3n) is 3.78. The fourth-order valence-electron chi connectivity index (χ4n) is 1.94. The Bertz CT molecular complexity index is 456. The maximum Gasteiger partial charge on any atom is 0.303 e. The predicted molar refractivity (Wildman–Crippen MR) is 81.8 cm³/mol. The van der Waals surface area contributed by atoms with Gasteiger partial charge in [0.2, 0.25) is 5.91 Å². The van der Waals surface area contributed by atoms with Crippen LogP contribution in [0.15, 0.2) is 0 Å². The standard InChI is InChI=1S/C14H27NO5S/c1-5-6-11(7-8-12(16)17)9-10-15-13(18)14(2,3)21(4,19)20/h11H,5-10H2,1-4H3,(H,15,18)(H,16,17). The first-order valence-electron chi connectivity index (χ1n) is 7.22. The molecule has 0 aliphatic rings. The van der Waals surface area contributed by atoms with Crippen LogP contribution in [-0.2, 0) is 19.4 Å². The topological polar surface area (TPSA) is 101 Å². The van der Waals surface area contributed by atoms with E-state index in [0.29, 0.717) is 19.4 Å². The van der Waals surface area contributed by atoms with Gasteiger partial charge >= 0.3 is 5.97 Å². The molecule has 0 aromatic carbocycles. The highest BCUT2D eigenvalue weighted by atomic mass is 32.2. The third-order valence-corrected chi connectivity index (χ3v) is 5.81. The molecule has 0 aliphatic heterocycles. The van der Waals surface area contributed by atoms with Gasteiger partial charge in [-0.1, -0.05) is 19.8 Å². The van der Waals surface area contributed by atoms with Crippen LogP contribution in [0.25, 0.3) is 0 Å². The average molecular weight is 321 g/mol. The summed E-state index contributed by atoms with van der Waals surface area (Å²) in [6, 6.07) is 0. The molecule has 1 amide bonds. The Kier molecular flexibility index (Phi) is 7.92. The Morgan fingerprint density at radius 3 is 2.19 bits per heavy atom. The van der Waals surface area contributed by atoms with E-state index in [1.165, 1.54) is 13.8 Å². The van der Waals surface area contributed by atoms with Crippen molar-refractivity contribution in [3.63, 3.8) is 0 Å². The van der Waals surface area contributed by atoms with Gasteiger partial charge in [0, 0.05) is 19.2 Å². The second-order valence-corrected chi connectivity index (χ2v) is 8.48. The molecule has 7 heteroatoms. The van der Waals surface area contributed by atoms with Crippen molar-refractivity contribution < 1.29 is 23.1 Å². The van der Waals surface area contributed by atoms with Crippen LogP contribution in [0.4, 0.5) is 0 Å². The lowest BCUT2D eigenvalue weighted by Gasteiger charge is -2.22. The number of sulfone groups is 1. The molecule has 1 unspecified atom stereocenters. The van der Waals surface area contributed by atoms with E-state index < -0.39 is 26.5 Å². The van der Waals surface area contributed by atoms with E-state index in [1.807, 2.05) is 6.92 Å². The van der Waals surface area contributed by atoms with Crippen LogP contribution in [-0.4, -0.2) is 42.9 Å². The van der Waals surface area contributed by atoms with Crippen molar-refractivity contribution in [3.8, 4) is 0 Å². The monoisotopic (exact) mass is 321 g/mol. The number of carboxylic acid groups (broad SMARTS) is 1. The van der Waals surface area contributed by atoms with E-state index in [2.05, 4.69) is 5.32 Å². The average Bonchev–Trinajstić information content (AvgIpc) is 2.34. The lowest BCUT2D eigenvalue weighted by Crippen LogP contribution is -2.47. The van der Waals surface area contributed by atoms with Gasteiger partial charge in [-0.3, -0.25) is 9.59 Å². The molecule has 0 aliphatic carbocycles. The summed E-state index contributed by atoms with van der Waals surface area (Å²) in [4.78, 5) is 22.5. The van der Waals surface area contributed by atoms with Gasteiger partial charge in [-0.05, 0) is 32.6 Å². The number of rotatable bonds is 10. The molecule has 124 valence electrons. The maximum absolute atomic E-state index is 11.9. The number of aliphatic carboxylic acids is 1. The lowest BCUT2D eigenvalue weighted by atomic mass is 9.94. The molecule has 1 atom stereocenters. The van der Waals surface area contributed by atoms with E-state index in [-0.39, 0.29) is 12.3 Å². The van der Waals surface area contributed by atoms with Crippen LogP contribution < -0.4 is 5.32 Å². The lowest BCUT2D eigenvalue weighted by molar-refractivity contribution is -0.137. The smallest absolute Gasteiger partial charge is 0.303 e. The summed E-state index contributed by atoms with van der Waals surface area (Å²) in [5, 5.41) is 11.3. The van der Waals surface area contributed by atoms with Gasteiger partial charge in [0.05, 0.1) is 0 Å². The highest BCUT2D eigenvalue weighted by Crippen LogP contribution is 2.18. The first-order chi connectivity index (χ1) is 9.52. The molecule has 0 fully saturated rings. The first kappa shape index (κ1) is 19.9. The van der Waals surface area contributed by atoms with Crippen LogP contribution in [0.5, 0.6) is 0 Å². The molecule has 0 aromatic rings. The van der Waals surface area contributed by atoms with Crippen LogP contribution in [0.3, 0.4) is 0 Å². The second kappa shape index (κ2) is 8.36. The highest BCUT2D eigenvalue weighted by molar-refractivity contribution is 7.92. The van der Waals surface area contributed by atoms with Gasteiger partial charge in [0.1, 0.15) is 4.75 Å². The van der Waals surface area contributed by atoms with E-state index in [0.717, 1.165) is 19.1 Å². The number of hydrogen-bond donors (Lipinski definition) is 2. The largest absolute Gasteiger partial charge is 0.481 e. The van der Waals surface area contributed by atoms with E-state index >= 15 is 0 Å². The molecule has 2 N–H and O–H groups in total. The van der Waals surface area contributed by atoms with Crippen molar-refractivity contribution in [1.29, 1.82) is 0 Å². The molecule has 0 rings (SSSR count). The molecular formula is C14H27NO5S. The van der Waals surface area contributed by atoms with Crippen molar-refractivity contribution in [2.24, 2.45) is 5.92 Å². The zero-order chi connectivity index (χ0) is 16.7. The maximum atomic E-state index is 11.9.